The lowest BCUT2D eigenvalue weighted by Crippen LogP contribution is -2.63. The topological polar surface area (TPSA) is 174 Å². The summed E-state index contributed by atoms with van der Waals surface area (Å²) in [5.41, 5.74) is -1.65. The number of aliphatic hydroxyl groups is 1. The molecule has 4 heterocycles. The smallest absolute Gasteiger partial charge is 0.409 e. The van der Waals surface area contributed by atoms with E-state index in [0.29, 0.717) is 23.4 Å². The van der Waals surface area contributed by atoms with Gasteiger partial charge in [0.25, 0.3) is 0 Å². The van der Waals surface area contributed by atoms with Gasteiger partial charge in [0.2, 0.25) is 17.7 Å². The lowest BCUT2D eigenvalue weighted by molar-refractivity contribution is -0.157. The van der Waals surface area contributed by atoms with Crippen LogP contribution >= 0.6 is 0 Å². The molecule has 3 fully saturated rings. The number of imide groups is 1. The number of hydrogen-bond donors (Lipinski definition) is 2. The van der Waals surface area contributed by atoms with Crippen LogP contribution < -0.4 is 15.0 Å². The van der Waals surface area contributed by atoms with Crippen molar-refractivity contribution in [1.29, 1.82) is 0 Å². The highest BCUT2D eigenvalue weighted by atomic mass is 16.7. The van der Waals surface area contributed by atoms with Gasteiger partial charge in [-0.2, -0.15) is 0 Å². The predicted molar refractivity (Wildman–Crippen MR) is 193 cm³/mol. The molecule has 1 aromatic rings. The third-order valence-electron chi connectivity index (χ3n) is 11.0. The van der Waals surface area contributed by atoms with Gasteiger partial charge >= 0.3 is 12.1 Å². The molecule has 4 aliphatic rings. The summed E-state index contributed by atoms with van der Waals surface area (Å²) in [6, 6.07) is 3.66. The first-order valence-corrected chi connectivity index (χ1v) is 18.1. The van der Waals surface area contributed by atoms with Crippen molar-refractivity contribution in [2.45, 2.75) is 122 Å². The number of esters is 1. The van der Waals surface area contributed by atoms with Crippen molar-refractivity contribution in [3.05, 3.63) is 47.1 Å². The van der Waals surface area contributed by atoms with E-state index in [1.807, 2.05) is 32.1 Å². The number of ether oxygens (including phenoxy) is 5. The fraction of sp³-hybridized carbons (Fsp3) is 0.615. The predicted octanol–water partition coefficient (Wildman–Crippen LogP) is 4.05. The van der Waals surface area contributed by atoms with Gasteiger partial charge in [0, 0.05) is 44.9 Å². The molecule has 0 spiro atoms. The Morgan fingerprint density at radius 3 is 2.36 bits per heavy atom. The molecule has 53 heavy (non-hydrogen) atoms. The van der Waals surface area contributed by atoms with Gasteiger partial charge in [-0.3, -0.25) is 29.4 Å². The second-order valence-electron chi connectivity index (χ2n) is 15.6. The number of carbonyl (C=O) groups is 5. The average Bonchev–Trinajstić information content (AvgIpc) is 3.66. The second-order valence-corrected chi connectivity index (χ2v) is 15.6. The van der Waals surface area contributed by atoms with Gasteiger partial charge in [-0.15, -0.1) is 0 Å². The highest BCUT2D eigenvalue weighted by Crippen LogP contribution is 2.50. The molecule has 5 rings (SSSR count). The van der Waals surface area contributed by atoms with Crippen molar-refractivity contribution >= 4 is 35.5 Å². The van der Waals surface area contributed by atoms with E-state index in [1.165, 1.54) is 24.0 Å². The zero-order chi connectivity index (χ0) is 39.2. The molecule has 7 atom stereocenters. The molecule has 4 bridgehead atoms. The van der Waals surface area contributed by atoms with Crippen molar-refractivity contribution in [2.75, 3.05) is 26.2 Å². The molecule has 14 nitrogen and oxygen atoms in total. The van der Waals surface area contributed by atoms with E-state index in [0.717, 1.165) is 11.1 Å². The summed E-state index contributed by atoms with van der Waals surface area (Å²) < 4.78 is 29.5. The van der Waals surface area contributed by atoms with Crippen LogP contribution in [0.3, 0.4) is 0 Å². The average molecular weight is 740 g/mol. The number of carbonyl (C=O) groups excluding carboxylic acids is 5. The standard InChI is InChI=1S/C39H53N3O11/c1-21(2)35(46)52-29-19-32(45)41(8)25-17-24(18-26(49-9)33(25)37(5,6)42-30(43)14-15-31(42)44)16-22(3)12-11-13-28(50-10)39(48)20-27(51-36(47)40-39)23(4)34-38(29,7)53-34/h11-13,17-18,21,23,27-29,34,48H,14-16,19-20H2,1-10H3,(H,40,47)/b13-11+,22-12+/t23-,27+,28-,29+,34+,38+,39+/m1/s1. The summed E-state index contributed by atoms with van der Waals surface area (Å²) in [4.78, 5) is 69.3. The minimum atomic E-state index is -1.82. The molecule has 14 heteroatoms. The summed E-state index contributed by atoms with van der Waals surface area (Å²) in [7, 11) is 4.52. The largest absolute Gasteiger partial charge is 0.496 e. The lowest BCUT2D eigenvalue weighted by Gasteiger charge is -2.42. The summed E-state index contributed by atoms with van der Waals surface area (Å²) in [6.07, 6.45) is 1.23. The first-order chi connectivity index (χ1) is 24.8. The first kappa shape index (κ1) is 39.9. The van der Waals surface area contributed by atoms with Crippen LogP contribution in [-0.4, -0.2) is 96.8 Å². The minimum Gasteiger partial charge on any atom is -0.496 e. The molecule has 0 unspecified atom stereocenters. The molecular weight excluding hydrogens is 686 g/mol. The summed E-state index contributed by atoms with van der Waals surface area (Å²) in [5, 5.41) is 14.2. The molecule has 3 saturated heterocycles. The van der Waals surface area contributed by atoms with Gasteiger partial charge in [0.1, 0.15) is 29.7 Å². The van der Waals surface area contributed by atoms with Crippen molar-refractivity contribution in [1.82, 2.24) is 10.2 Å². The number of amides is 4. The highest BCUT2D eigenvalue weighted by Gasteiger charge is 2.64. The van der Waals surface area contributed by atoms with Crippen molar-refractivity contribution in [2.24, 2.45) is 11.8 Å². The fourth-order valence-corrected chi connectivity index (χ4v) is 7.86. The van der Waals surface area contributed by atoms with Crippen LogP contribution in [0.2, 0.25) is 0 Å². The Kier molecular flexibility index (Phi) is 11.2. The Morgan fingerprint density at radius 1 is 1.09 bits per heavy atom. The number of fused-ring (bicyclic) bond motifs is 5. The van der Waals surface area contributed by atoms with Crippen molar-refractivity contribution in [3.8, 4) is 5.75 Å². The first-order valence-electron chi connectivity index (χ1n) is 18.1. The quantitative estimate of drug-likeness (QED) is 0.245. The number of rotatable bonds is 6. The second kappa shape index (κ2) is 14.9. The van der Waals surface area contributed by atoms with Gasteiger partial charge in [-0.25, -0.2) is 4.79 Å². The molecule has 0 radical (unpaired) electrons. The Labute approximate surface area is 310 Å². The van der Waals surface area contributed by atoms with E-state index in [2.05, 4.69) is 5.32 Å². The zero-order valence-electron chi connectivity index (χ0n) is 32.3. The van der Waals surface area contributed by atoms with Gasteiger partial charge in [0.15, 0.2) is 5.72 Å². The van der Waals surface area contributed by atoms with Crippen molar-refractivity contribution < 1.29 is 52.8 Å². The van der Waals surface area contributed by atoms with Crippen LogP contribution in [0.5, 0.6) is 5.75 Å². The van der Waals surface area contributed by atoms with E-state index in [1.54, 1.807) is 53.8 Å². The summed E-state index contributed by atoms with van der Waals surface area (Å²) in [6.45, 7) is 12.4. The lowest BCUT2D eigenvalue weighted by atomic mass is 9.83. The van der Waals surface area contributed by atoms with Crippen LogP contribution in [0, 0.1) is 11.8 Å². The van der Waals surface area contributed by atoms with Crippen LogP contribution in [0.1, 0.15) is 85.3 Å². The number of likely N-dealkylation sites (tertiary alicyclic amines) is 1. The Hall–Kier alpha value is -4.27. The third kappa shape index (κ3) is 7.72. The van der Waals surface area contributed by atoms with E-state index in [-0.39, 0.29) is 37.5 Å². The monoisotopic (exact) mass is 739 g/mol. The molecule has 4 amide bonds. The Morgan fingerprint density at radius 2 is 1.75 bits per heavy atom. The number of alkyl carbamates (subject to hydrolysis) is 1. The number of allylic oxidation sites excluding steroid dienone is 3. The molecule has 290 valence electrons. The maximum atomic E-state index is 14.5. The maximum absolute atomic E-state index is 14.5. The van der Waals surface area contributed by atoms with Crippen LogP contribution in [0.15, 0.2) is 35.9 Å². The summed E-state index contributed by atoms with van der Waals surface area (Å²) in [5.74, 6) is -2.22. The van der Waals surface area contributed by atoms with Gasteiger partial charge in [0.05, 0.1) is 36.8 Å². The van der Waals surface area contributed by atoms with Gasteiger partial charge in [-0.05, 0) is 51.8 Å². The molecule has 0 aromatic heterocycles. The Balaban J connectivity index is 1.66. The molecule has 1 aromatic carbocycles. The number of nitrogens with one attached hydrogen (secondary N) is 1. The third-order valence-corrected chi connectivity index (χ3v) is 11.0. The number of nitrogens with zero attached hydrogens (tertiary/aromatic N) is 2. The van der Waals surface area contributed by atoms with Crippen LogP contribution in [0.25, 0.3) is 0 Å². The SMILES string of the molecule is COc1cc2cc(c1C(C)(C)N1C(=O)CCC1=O)N(C)C(=O)C[C@H](OC(=O)C(C)C)[C@]1(C)O[C@H]1[C@H](C)[C@@H]1C[C@@](O)(NC(=O)O1)[C@H](OC)/C=C/C=C(\C)C2. The minimum absolute atomic E-state index is 0.0360. The molecule has 0 saturated carbocycles. The number of hydrogen-bond acceptors (Lipinski definition) is 11. The fourth-order valence-electron chi connectivity index (χ4n) is 7.86. The molecule has 0 aliphatic carbocycles. The van der Waals surface area contributed by atoms with E-state index in [9.17, 15) is 29.1 Å². The number of anilines is 1. The van der Waals surface area contributed by atoms with Gasteiger partial charge in [-0.1, -0.05) is 44.6 Å². The molecule has 4 aliphatic heterocycles. The van der Waals surface area contributed by atoms with Gasteiger partial charge < -0.3 is 33.7 Å². The number of benzene rings is 1. The van der Waals surface area contributed by atoms with Crippen LogP contribution in [0.4, 0.5) is 10.5 Å². The number of methoxy groups -OCH3 is 2. The van der Waals surface area contributed by atoms with E-state index >= 15 is 0 Å². The normalized spacial score (nSPS) is 32.8. The van der Waals surface area contributed by atoms with Crippen molar-refractivity contribution in [3.63, 3.8) is 0 Å². The number of epoxide rings is 1. The van der Waals surface area contributed by atoms with E-state index in [4.69, 9.17) is 23.7 Å². The van der Waals surface area contributed by atoms with E-state index < -0.39 is 71.1 Å². The summed E-state index contributed by atoms with van der Waals surface area (Å²) >= 11 is 0. The molecule has 2 N–H and O–H groups in total. The van der Waals surface area contributed by atoms with Crippen LogP contribution in [-0.2, 0) is 50.1 Å². The highest BCUT2D eigenvalue weighted by molar-refractivity contribution is 6.03. The Bertz CT molecular complexity index is 1700. The molecular formula is C39H53N3O11. The maximum Gasteiger partial charge on any atom is 0.409 e. The zero-order valence-corrected chi connectivity index (χ0v) is 32.3.